The van der Waals surface area contributed by atoms with Gasteiger partial charge in [-0.1, -0.05) is 6.07 Å². The van der Waals surface area contributed by atoms with Gasteiger partial charge in [-0.3, -0.25) is 4.57 Å². The molecule has 0 aliphatic carbocycles. The lowest BCUT2D eigenvalue weighted by atomic mass is 10.1. The molecule has 0 spiro atoms. The Morgan fingerprint density at radius 1 is 1.07 bits per heavy atom. The molecule has 9 heteroatoms. The second kappa shape index (κ2) is 6.56. The van der Waals surface area contributed by atoms with Crippen LogP contribution in [0.5, 0.6) is 5.75 Å². The van der Waals surface area contributed by atoms with E-state index < -0.39 is 0 Å². The van der Waals surface area contributed by atoms with Crippen molar-refractivity contribution in [2.24, 2.45) is 0 Å². The van der Waals surface area contributed by atoms with Crippen LogP contribution in [0.3, 0.4) is 0 Å². The number of aromatic hydroxyl groups is 1. The van der Waals surface area contributed by atoms with Crippen LogP contribution in [0, 0.1) is 13.8 Å². The molecule has 5 rings (SSSR count). The SMILES string of the molecule is Cc1ccc(O)c(C)c1-n1c2nc(N3CCOCC3)cnc2c2c(N)ncnc21. The lowest BCUT2D eigenvalue weighted by molar-refractivity contribution is 0.122. The van der Waals surface area contributed by atoms with Crippen molar-refractivity contribution in [3.8, 4) is 11.4 Å². The monoisotopic (exact) mass is 391 g/mol. The third-order valence-corrected chi connectivity index (χ3v) is 5.42. The van der Waals surface area contributed by atoms with E-state index in [0.717, 1.165) is 35.7 Å². The number of nitrogens with two attached hydrogens (primary N) is 1. The van der Waals surface area contributed by atoms with Crippen LogP contribution in [-0.4, -0.2) is 55.9 Å². The highest BCUT2D eigenvalue weighted by Crippen LogP contribution is 2.36. The van der Waals surface area contributed by atoms with Crippen LogP contribution >= 0.6 is 0 Å². The number of phenols is 1. The van der Waals surface area contributed by atoms with Crippen molar-refractivity contribution < 1.29 is 9.84 Å². The Morgan fingerprint density at radius 3 is 2.66 bits per heavy atom. The van der Waals surface area contributed by atoms with Gasteiger partial charge in [-0.15, -0.1) is 0 Å². The smallest absolute Gasteiger partial charge is 0.168 e. The minimum Gasteiger partial charge on any atom is -0.508 e. The maximum atomic E-state index is 10.4. The summed E-state index contributed by atoms with van der Waals surface area (Å²) in [5, 5.41) is 11.0. The van der Waals surface area contributed by atoms with Gasteiger partial charge in [-0.2, -0.15) is 0 Å². The summed E-state index contributed by atoms with van der Waals surface area (Å²) in [7, 11) is 0. The Labute approximate surface area is 166 Å². The largest absolute Gasteiger partial charge is 0.508 e. The number of aryl methyl sites for hydroxylation is 1. The molecule has 1 aromatic carbocycles. The molecule has 148 valence electrons. The molecular formula is C20H21N7O2. The summed E-state index contributed by atoms with van der Waals surface area (Å²) in [6.45, 7) is 6.69. The fourth-order valence-corrected chi connectivity index (χ4v) is 3.91. The summed E-state index contributed by atoms with van der Waals surface area (Å²) in [5.74, 6) is 1.33. The molecule has 3 N–H and O–H groups in total. The van der Waals surface area contributed by atoms with Gasteiger partial charge in [0.1, 0.15) is 29.2 Å². The molecule has 1 saturated heterocycles. The molecule has 0 atom stereocenters. The Balaban J connectivity index is 1.87. The van der Waals surface area contributed by atoms with E-state index in [1.165, 1.54) is 6.33 Å². The highest BCUT2D eigenvalue weighted by atomic mass is 16.5. The summed E-state index contributed by atoms with van der Waals surface area (Å²) in [6, 6.07) is 3.56. The molecule has 1 fully saturated rings. The molecule has 1 aliphatic heterocycles. The van der Waals surface area contributed by atoms with E-state index in [4.69, 9.17) is 15.5 Å². The number of hydrogen-bond donors (Lipinski definition) is 2. The van der Waals surface area contributed by atoms with E-state index in [1.54, 1.807) is 12.3 Å². The first-order valence-corrected chi connectivity index (χ1v) is 9.46. The van der Waals surface area contributed by atoms with Crippen LogP contribution < -0.4 is 10.6 Å². The van der Waals surface area contributed by atoms with Gasteiger partial charge in [0, 0.05) is 18.7 Å². The van der Waals surface area contributed by atoms with Crippen LogP contribution in [0.15, 0.2) is 24.7 Å². The average Bonchev–Trinajstić information content (AvgIpc) is 3.07. The van der Waals surface area contributed by atoms with E-state index in [9.17, 15) is 5.11 Å². The number of hydrogen-bond acceptors (Lipinski definition) is 8. The number of benzene rings is 1. The quantitative estimate of drug-likeness (QED) is 0.534. The molecule has 0 saturated carbocycles. The Morgan fingerprint density at radius 2 is 1.86 bits per heavy atom. The van der Waals surface area contributed by atoms with Crippen LogP contribution in [0.25, 0.3) is 27.9 Å². The predicted octanol–water partition coefficient (Wildman–Crippen LogP) is 2.10. The van der Waals surface area contributed by atoms with E-state index in [0.29, 0.717) is 41.2 Å². The molecule has 4 aromatic rings. The van der Waals surface area contributed by atoms with Crippen molar-refractivity contribution in [2.75, 3.05) is 36.9 Å². The van der Waals surface area contributed by atoms with Crippen molar-refractivity contribution in [1.29, 1.82) is 0 Å². The zero-order valence-corrected chi connectivity index (χ0v) is 16.3. The van der Waals surface area contributed by atoms with E-state index in [1.807, 2.05) is 24.5 Å². The number of nitrogen functional groups attached to an aromatic ring is 1. The van der Waals surface area contributed by atoms with E-state index in [2.05, 4.69) is 19.9 Å². The lowest BCUT2D eigenvalue weighted by Crippen LogP contribution is -2.36. The second-order valence-corrected chi connectivity index (χ2v) is 7.17. The number of phenolic OH excluding ortho intramolecular Hbond substituents is 1. The van der Waals surface area contributed by atoms with Gasteiger partial charge in [0.25, 0.3) is 0 Å². The fourth-order valence-electron chi connectivity index (χ4n) is 3.91. The third kappa shape index (κ3) is 2.65. The zero-order valence-electron chi connectivity index (χ0n) is 16.3. The normalized spacial score (nSPS) is 14.8. The van der Waals surface area contributed by atoms with Crippen molar-refractivity contribution in [3.63, 3.8) is 0 Å². The Kier molecular flexibility index (Phi) is 3.99. The molecule has 0 amide bonds. The number of morpholine rings is 1. The van der Waals surface area contributed by atoms with E-state index in [-0.39, 0.29) is 5.75 Å². The number of nitrogens with zero attached hydrogens (tertiary/aromatic N) is 6. The first kappa shape index (κ1) is 17.6. The van der Waals surface area contributed by atoms with Crippen LogP contribution in [0.2, 0.25) is 0 Å². The van der Waals surface area contributed by atoms with Crippen LogP contribution in [-0.2, 0) is 4.74 Å². The van der Waals surface area contributed by atoms with Crippen molar-refractivity contribution in [1.82, 2.24) is 24.5 Å². The van der Waals surface area contributed by atoms with Gasteiger partial charge in [-0.05, 0) is 25.5 Å². The molecular weight excluding hydrogens is 370 g/mol. The Hall–Kier alpha value is -3.46. The molecule has 1 aliphatic rings. The highest BCUT2D eigenvalue weighted by molar-refractivity contribution is 6.09. The standard InChI is InChI=1S/C20H21N7O2/c1-11-3-4-13(28)12(2)17(11)27-19-15(18(21)23-10-24-19)16-20(27)25-14(9-22-16)26-5-7-29-8-6-26/h3-4,9-10,28H,5-8H2,1-2H3,(H2,21,23,24). The van der Waals surface area contributed by atoms with Crippen molar-refractivity contribution >= 4 is 33.8 Å². The zero-order chi connectivity index (χ0) is 20.1. The van der Waals surface area contributed by atoms with Gasteiger partial charge in [0.05, 0.1) is 30.5 Å². The van der Waals surface area contributed by atoms with E-state index >= 15 is 0 Å². The molecule has 0 bridgehead atoms. The average molecular weight is 391 g/mol. The Bertz CT molecular complexity index is 1250. The van der Waals surface area contributed by atoms with Gasteiger partial charge in [0.15, 0.2) is 11.3 Å². The molecule has 9 nitrogen and oxygen atoms in total. The summed E-state index contributed by atoms with van der Waals surface area (Å²) in [6.07, 6.45) is 3.19. The summed E-state index contributed by atoms with van der Waals surface area (Å²) in [5.41, 5.74) is 10.6. The summed E-state index contributed by atoms with van der Waals surface area (Å²) in [4.78, 5) is 20.4. The predicted molar refractivity (Wildman–Crippen MR) is 111 cm³/mol. The fraction of sp³-hybridized carbons (Fsp3) is 0.300. The van der Waals surface area contributed by atoms with Gasteiger partial charge >= 0.3 is 0 Å². The second-order valence-electron chi connectivity index (χ2n) is 7.17. The lowest BCUT2D eigenvalue weighted by Gasteiger charge is -2.27. The first-order valence-electron chi connectivity index (χ1n) is 9.46. The molecule has 0 unspecified atom stereocenters. The molecule has 3 aromatic heterocycles. The summed E-state index contributed by atoms with van der Waals surface area (Å²) < 4.78 is 7.37. The van der Waals surface area contributed by atoms with Crippen LogP contribution in [0.1, 0.15) is 11.1 Å². The first-order chi connectivity index (χ1) is 14.1. The summed E-state index contributed by atoms with van der Waals surface area (Å²) >= 11 is 0. The van der Waals surface area contributed by atoms with Gasteiger partial charge < -0.3 is 20.5 Å². The van der Waals surface area contributed by atoms with Gasteiger partial charge in [-0.25, -0.2) is 19.9 Å². The number of anilines is 2. The maximum absolute atomic E-state index is 10.4. The molecule has 29 heavy (non-hydrogen) atoms. The van der Waals surface area contributed by atoms with Crippen LogP contribution in [0.4, 0.5) is 11.6 Å². The minimum absolute atomic E-state index is 0.208. The van der Waals surface area contributed by atoms with Gasteiger partial charge in [0.2, 0.25) is 0 Å². The molecule has 0 radical (unpaired) electrons. The third-order valence-electron chi connectivity index (χ3n) is 5.42. The number of ether oxygens (including phenoxy) is 1. The number of aromatic nitrogens is 5. The van der Waals surface area contributed by atoms with Crippen molar-refractivity contribution in [3.05, 3.63) is 35.8 Å². The molecule has 4 heterocycles. The highest BCUT2D eigenvalue weighted by Gasteiger charge is 2.23. The maximum Gasteiger partial charge on any atom is 0.168 e. The number of rotatable bonds is 2. The van der Waals surface area contributed by atoms with Crippen molar-refractivity contribution in [2.45, 2.75) is 13.8 Å². The number of fused-ring (bicyclic) bond motifs is 3. The minimum atomic E-state index is 0.208. The topological polar surface area (TPSA) is 115 Å².